The lowest BCUT2D eigenvalue weighted by atomic mass is 10.1. The van der Waals surface area contributed by atoms with E-state index in [1.54, 1.807) is 0 Å². The van der Waals surface area contributed by atoms with Crippen molar-refractivity contribution < 1.29 is 9.59 Å². The molecule has 4 nitrogen and oxygen atoms in total. The summed E-state index contributed by atoms with van der Waals surface area (Å²) in [7, 11) is 0. The lowest BCUT2D eigenvalue weighted by molar-refractivity contribution is 0.0721. The molecule has 0 spiro atoms. The normalized spacial score (nSPS) is 17.3. The largest absolute Gasteiger partial charge is 0.337 e. The summed E-state index contributed by atoms with van der Waals surface area (Å²) in [6.07, 6.45) is 4.23. The maximum atomic E-state index is 12.9. The topological polar surface area (TPSA) is 40.6 Å². The minimum absolute atomic E-state index is 0.0850. The molecule has 1 aromatic carbocycles. The van der Waals surface area contributed by atoms with Crippen molar-refractivity contribution in [1.82, 2.24) is 9.80 Å². The molecule has 0 unspecified atom stereocenters. The minimum Gasteiger partial charge on any atom is -0.337 e. The molecule has 5 heteroatoms. The second-order valence-electron chi connectivity index (χ2n) is 6.75. The first-order valence-electron chi connectivity index (χ1n) is 8.96. The van der Waals surface area contributed by atoms with Crippen LogP contribution in [-0.2, 0) is 12.8 Å². The highest BCUT2D eigenvalue weighted by atomic mass is 32.1. The van der Waals surface area contributed by atoms with Crippen molar-refractivity contribution in [1.29, 1.82) is 0 Å². The van der Waals surface area contributed by atoms with Crippen LogP contribution in [0.15, 0.2) is 35.7 Å². The third-order valence-electron chi connectivity index (χ3n) is 5.15. The Morgan fingerprint density at radius 2 is 1.60 bits per heavy atom. The molecule has 0 radical (unpaired) electrons. The third-order valence-corrected chi connectivity index (χ3v) is 6.01. The lowest BCUT2D eigenvalue weighted by Gasteiger charge is -2.22. The highest BCUT2D eigenvalue weighted by Crippen LogP contribution is 2.24. The van der Waals surface area contributed by atoms with E-state index in [1.807, 2.05) is 33.4 Å². The van der Waals surface area contributed by atoms with E-state index in [2.05, 4.69) is 12.1 Å². The van der Waals surface area contributed by atoms with Crippen molar-refractivity contribution in [2.75, 3.05) is 26.2 Å². The van der Waals surface area contributed by atoms with E-state index in [4.69, 9.17) is 0 Å². The molecule has 1 saturated heterocycles. The Kier molecular flexibility index (Phi) is 4.57. The number of aryl methyl sites for hydroxylation is 2. The fourth-order valence-electron chi connectivity index (χ4n) is 3.77. The van der Waals surface area contributed by atoms with E-state index in [0.29, 0.717) is 26.2 Å². The third kappa shape index (κ3) is 3.33. The first-order valence-corrected chi connectivity index (χ1v) is 9.84. The number of hydrogen-bond acceptors (Lipinski definition) is 3. The molecule has 2 aliphatic rings. The molecule has 0 saturated carbocycles. The Morgan fingerprint density at radius 3 is 2.36 bits per heavy atom. The highest BCUT2D eigenvalue weighted by Gasteiger charge is 2.24. The number of nitrogens with zero attached hydrogens (tertiary/aromatic N) is 2. The Hall–Kier alpha value is -2.14. The van der Waals surface area contributed by atoms with Crippen LogP contribution in [0.4, 0.5) is 0 Å². The van der Waals surface area contributed by atoms with E-state index in [0.717, 1.165) is 29.7 Å². The fourth-order valence-corrected chi connectivity index (χ4v) is 4.46. The Labute approximate surface area is 152 Å². The van der Waals surface area contributed by atoms with Crippen LogP contribution >= 0.6 is 11.3 Å². The van der Waals surface area contributed by atoms with Crippen LogP contribution in [0.25, 0.3) is 0 Å². The number of fused-ring (bicyclic) bond motifs is 1. The number of carbonyl (C=O) groups excluding carboxylic acids is 2. The van der Waals surface area contributed by atoms with Crippen LogP contribution in [0.3, 0.4) is 0 Å². The van der Waals surface area contributed by atoms with Crippen LogP contribution < -0.4 is 0 Å². The van der Waals surface area contributed by atoms with Crippen LogP contribution in [0.1, 0.15) is 44.0 Å². The van der Waals surface area contributed by atoms with E-state index in [1.165, 1.54) is 28.9 Å². The SMILES string of the molecule is O=C(c1ccc2c(c1)CCC2)N1CCCN(C(=O)c2cccs2)CC1. The van der Waals surface area contributed by atoms with Crippen molar-refractivity contribution in [2.45, 2.75) is 25.7 Å². The van der Waals surface area contributed by atoms with Gasteiger partial charge in [-0.25, -0.2) is 0 Å². The average Bonchev–Trinajstić information content (AvgIpc) is 3.27. The van der Waals surface area contributed by atoms with E-state index in [9.17, 15) is 9.59 Å². The van der Waals surface area contributed by atoms with E-state index in [-0.39, 0.29) is 11.8 Å². The summed E-state index contributed by atoms with van der Waals surface area (Å²) in [6.45, 7) is 2.63. The first-order chi connectivity index (χ1) is 12.2. The smallest absolute Gasteiger partial charge is 0.263 e. The van der Waals surface area contributed by atoms with Gasteiger partial charge >= 0.3 is 0 Å². The van der Waals surface area contributed by atoms with Crippen molar-refractivity contribution in [3.63, 3.8) is 0 Å². The van der Waals surface area contributed by atoms with Gasteiger partial charge in [0.1, 0.15) is 0 Å². The van der Waals surface area contributed by atoms with Gasteiger partial charge in [0.15, 0.2) is 0 Å². The van der Waals surface area contributed by atoms with E-state index < -0.39 is 0 Å². The Balaban J connectivity index is 1.44. The fraction of sp³-hybridized carbons (Fsp3) is 0.400. The van der Waals surface area contributed by atoms with Crippen molar-refractivity contribution >= 4 is 23.2 Å². The minimum atomic E-state index is 0.0850. The van der Waals surface area contributed by atoms with Gasteiger partial charge in [0.25, 0.3) is 11.8 Å². The van der Waals surface area contributed by atoms with Gasteiger partial charge in [0, 0.05) is 31.7 Å². The molecule has 2 amide bonds. The highest BCUT2D eigenvalue weighted by molar-refractivity contribution is 7.12. The van der Waals surface area contributed by atoms with E-state index >= 15 is 0 Å². The second-order valence-corrected chi connectivity index (χ2v) is 7.70. The summed E-state index contributed by atoms with van der Waals surface area (Å²) in [4.78, 5) is 30.0. The van der Waals surface area contributed by atoms with Crippen LogP contribution in [0, 0.1) is 0 Å². The number of rotatable bonds is 2. The predicted octanol–water partition coefficient (Wildman–Crippen LogP) is 3.23. The van der Waals surface area contributed by atoms with Gasteiger partial charge in [-0.05, 0) is 60.4 Å². The molecule has 25 heavy (non-hydrogen) atoms. The summed E-state index contributed by atoms with van der Waals surface area (Å²) in [6, 6.07) is 9.92. The van der Waals surface area contributed by atoms with Crippen molar-refractivity contribution in [3.05, 3.63) is 57.3 Å². The van der Waals surface area contributed by atoms with Crippen molar-refractivity contribution in [2.24, 2.45) is 0 Å². The molecular weight excluding hydrogens is 332 g/mol. The van der Waals surface area contributed by atoms with Gasteiger partial charge in [-0.2, -0.15) is 0 Å². The molecule has 0 atom stereocenters. The molecule has 0 N–H and O–H groups in total. The molecule has 1 aromatic heterocycles. The first kappa shape index (κ1) is 16.3. The number of carbonyl (C=O) groups is 2. The van der Waals surface area contributed by atoms with Gasteiger partial charge in [0.05, 0.1) is 4.88 Å². The number of thiophene rings is 1. The lowest BCUT2D eigenvalue weighted by Crippen LogP contribution is -2.37. The average molecular weight is 354 g/mol. The summed E-state index contributed by atoms with van der Waals surface area (Å²) in [5.41, 5.74) is 3.51. The standard InChI is InChI=1S/C20H22N2O2S/c23-19(17-8-7-15-4-1-5-16(15)14-17)21-9-3-10-22(12-11-21)20(24)18-6-2-13-25-18/h2,6-8,13-14H,1,3-5,9-12H2. The van der Waals surface area contributed by atoms with Gasteiger partial charge in [0.2, 0.25) is 0 Å². The molecular formula is C20H22N2O2S. The summed E-state index contributed by atoms with van der Waals surface area (Å²) >= 11 is 1.48. The molecule has 130 valence electrons. The van der Waals surface area contributed by atoms with Gasteiger partial charge in [-0.15, -0.1) is 11.3 Å². The van der Waals surface area contributed by atoms with Crippen LogP contribution in [0.5, 0.6) is 0 Å². The summed E-state index contributed by atoms with van der Waals surface area (Å²) in [5, 5.41) is 1.93. The molecule has 2 heterocycles. The summed E-state index contributed by atoms with van der Waals surface area (Å²) < 4.78 is 0. The number of benzene rings is 1. The quantitative estimate of drug-likeness (QED) is 0.831. The number of amides is 2. The monoisotopic (exact) mass is 354 g/mol. The zero-order chi connectivity index (χ0) is 17.2. The molecule has 1 fully saturated rings. The maximum Gasteiger partial charge on any atom is 0.263 e. The van der Waals surface area contributed by atoms with Crippen molar-refractivity contribution in [3.8, 4) is 0 Å². The summed E-state index contributed by atoms with van der Waals surface area (Å²) in [5.74, 6) is 0.182. The van der Waals surface area contributed by atoms with Gasteiger partial charge < -0.3 is 9.80 Å². The Morgan fingerprint density at radius 1 is 0.840 bits per heavy atom. The van der Waals surface area contributed by atoms with Crippen LogP contribution in [-0.4, -0.2) is 47.8 Å². The predicted molar refractivity (Wildman–Crippen MR) is 99.2 cm³/mol. The second kappa shape index (κ2) is 7.00. The van der Waals surface area contributed by atoms with Gasteiger partial charge in [-0.1, -0.05) is 12.1 Å². The molecule has 1 aliphatic carbocycles. The molecule has 2 aromatic rings. The maximum absolute atomic E-state index is 12.9. The zero-order valence-corrected chi connectivity index (χ0v) is 15.1. The molecule has 4 rings (SSSR count). The number of hydrogen-bond donors (Lipinski definition) is 0. The van der Waals surface area contributed by atoms with Crippen LogP contribution in [0.2, 0.25) is 0 Å². The zero-order valence-electron chi connectivity index (χ0n) is 14.2. The molecule has 1 aliphatic heterocycles. The van der Waals surface area contributed by atoms with Gasteiger partial charge in [-0.3, -0.25) is 9.59 Å². The molecule has 0 bridgehead atoms. The Bertz CT molecular complexity index is 785.